The molecule has 4 nitrogen and oxygen atoms in total. The van der Waals surface area contributed by atoms with E-state index >= 15 is 0 Å². The number of hydrogen-bond donors (Lipinski definition) is 0. The fourth-order valence-corrected chi connectivity index (χ4v) is 1.30. The highest BCUT2D eigenvalue weighted by Gasteiger charge is 2.32. The van der Waals surface area contributed by atoms with Gasteiger partial charge in [0.2, 0.25) is 5.88 Å². The average Bonchev–Trinajstić information content (AvgIpc) is 2.38. The Morgan fingerprint density at radius 1 is 1.11 bits per heavy atom. The largest absolute Gasteiger partial charge is 0.481 e. The van der Waals surface area contributed by atoms with Crippen molar-refractivity contribution in [1.82, 2.24) is 15.0 Å². The van der Waals surface area contributed by atoms with Crippen LogP contribution in [-0.4, -0.2) is 22.1 Å². The third kappa shape index (κ3) is 2.55. The van der Waals surface area contributed by atoms with Crippen LogP contribution < -0.4 is 4.74 Å². The SMILES string of the molecule is COc1cc(-c2cnc(C(F)(F)F)cn2)ccn1. The summed E-state index contributed by atoms with van der Waals surface area (Å²) in [7, 11) is 1.45. The van der Waals surface area contributed by atoms with E-state index in [1.165, 1.54) is 13.3 Å². The number of rotatable bonds is 2. The van der Waals surface area contributed by atoms with Gasteiger partial charge in [0.1, 0.15) is 0 Å². The molecule has 2 aromatic heterocycles. The van der Waals surface area contributed by atoms with Gasteiger partial charge in [-0.3, -0.25) is 4.98 Å². The van der Waals surface area contributed by atoms with E-state index in [2.05, 4.69) is 15.0 Å². The molecule has 0 N–H and O–H groups in total. The van der Waals surface area contributed by atoms with Gasteiger partial charge < -0.3 is 4.74 Å². The topological polar surface area (TPSA) is 47.9 Å². The molecule has 94 valence electrons. The molecule has 2 rings (SSSR count). The van der Waals surface area contributed by atoms with Crippen LogP contribution in [0.4, 0.5) is 13.2 Å². The Morgan fingerprint density at radius 3 is 2.44 bits per heavy atom. The van der Waals surface area contributed by atoms with Gasteiger partial charge >= 0.3 is 6.18 Å². The van der Waals surface area contributed by atoms with Crippen LogP contribution >= 0.6 is 0 Å². The monoisotopic (exact) mass is 255 g/mol. The number of pyridine rings is 1. The molecule has 0 amide bonds. The zero-order valence-electron chi connectivity index (χ0n) is 9.27. The highest BCUT2D eigenvalue weighted by atomic mass is 19.4. The van der Waals surface area contributed by atoms with Gasteiger partial charge in [-0.1, -0.05) is 0 Å². The number of halogens is 3. The van der Waals surface area contributed by atoms with Crippen molar-refractivity contribution in [3.05, 3.63) is 36.4 Å². The van der Waals surface area contributed by atoms with Gasteiger partial charge in [-0.2, -0.15) is 13.2 Å². The van der Waals surface area contributed by atoms with Gasteiger partial charge in [-0.05, 0) is 6.07 Å². The minimum Gasteiger partial charge on any atom is -0.481 e. The van der Waals surface area contributed by atoms with Crippen LogP contribution in [0.2, 0.25) is 0 Å². The Bertz CT molecular complexity index is 540. The van der Waals surface area contributed by atoms with E-state index in [4.69, 9.17) is 4.74 Å². The molecule has 0 bridgehead atoms. The number of hydrogen-bond acceptors (Lipinski definition) is 4. The summed E-state index contributed by atoms with van der Waals surface area (Å²) in [6.45, 7) is 0. The molecule has 18 heavy (non-hydrogen) atoms. The summed E-state index contributed by atoms with van der Waals surface area (Å²) in [4.78, 5) is 10.9. The summed E-state index contributed by atoms with van der Waals surface area (Å²) >= 11 is 0. The third-order valence-electron chi connectivity index (χ3n) is 2.18. The molecule has 0 radical (unpaired) electrons. The van der Waals surface area contributed by atoms with E-state index in [0.29, 0.717) is 23.3 Å². The molecule has 0 saturated heterocycles. The molecule has 0 atom stereocenters. The van der Waals surface area contributed by atoms with Crippen molar-refractivity contribution < 1.29 is 17.9 Å². The molecule has 0 saturated carbocycles. The first-order valence-corrected chi connectivity index (χ1v) is 4.90. The van der Waals surface area contributed by atoms with E-state index in [9.17, 15) is 13.2 Å². The molecule has 7 heteroatoms. The van der Waals surface area contributed by atoms with E-state index in [0.717, 1.165) is 6.20 Å². The smallest absolute Gasteiger partial charge is 0.434 e. The van der Waals surface area contributed by atoms with Crippen molar-refractivity contribution in [3.8, 4) is 17.1 Å². The van der Waals surface area contributed by atoms with E-state index in [1.54, 1.807) is 12.1 Å². The van der Waals surface area contributed by atoms with Crippen LogP contribution in [0.15, 0.2) is 30.7 Å². The first-order chi connectivity index (χ1) is 8.50. The van der Waals surface area contributed by atoms with Gasteiger partial charge in [0.25, 0.3) is 0 Å². The van der Waals surface area contributed by atoms with Crippen molar-refractivity contribution in [2.24, 2.45) is 0 Å². The predicted molar refractivity (Wildman–Crippen MR) is 56.8 cm³/mol. The minimum absolute atomic E-state index is 0.323. The van der Waals surface area contributed by atoms with Crippen LogP contribution in [0.5, 0.6) is 5.88 Å². The molecule has 0 aromatic carbocycles. The zero-order valence-corrected chi connectivity index (χ0v) is 9.27. The Labute approximate surface area is 100 Å². The first kappa shape index (κ1) is 12.3. The number of nitrogens with zero attached hydrogens (tertiary/aromatic N) is 3. The normalized spacial score (nSPS) is 11.3. The average molecular weight is 255 g/mol. The number of ether oxygens (including phenoxy) is 1. The van der Waals surface area contributed by atoms with Crippen molar-refractivity contribution >= 4 is 0 Å². The highest BCUT2D eigenvalue weighted by molar-refractivity contribution is 5.58. The Balaban J connectivity index is 2.34. The van der Waals surface area contributed by atoms with Crippen molar-refractivity contribution in [2.75, 3.05) is 7.11 Å². The van der Waals surface area contributed by atoms with Crippen molar-refractivity contribution in [3.63, 3.8) is 0 Å². The Hall–Kier alpha value is -2.18. The summed E-state index contributed by atoms with van der Waals surface area (Å²) in [5, 5.41) is 0. The minimum atomic E-state index is -4.48. The lowest BCUT2D eigenvalue weighted by Crippen LogP contribution is -2.08. The maximum absolute atomic E-state index is 12.3. The van der Waals surface area contributed by atoms with E-state index in [1.807, 2.05) is 0 Å². The van der Waals surface area contributed by atoms with Gasteiger partial charge in [-0.15, -0.1) is 0 Å². The van der Waals surface area contributed by atoms with Gasteiger partial charge in [0.15, 0.2) is 5.69 Å². The molecule has 0 fully saturated rings. The van der Waals surface area contributed by atoms with Crippen LogP contribution in [0.1, 0.15) is 5.69 Å². The van der Waals surface area contributed by atoms with Crippen molar-refractivity contribution in [1.29, 1.82) is 0 Å². The second kappa shape index (κ2) is 4.59. The lowest BCUT2D eigenvalue weighted by molar-refractivity contribution is -0.141. The molecule has 0 aliphatic carbocycles. The van der Waals surface area contributed by atoms with Crippen LogP contribution in [0.3, 0.4) is 0 Å². The first-order valence-electron chi connectivity index (χ1n) is 4.90. The van der Waals surface area contributed by atoms with Gasteiger partial charge in [0, 0.05) is 17.8 Å². The summed E-state index contributed by atoms with van der Waals surface area (Å²) in [6.07, 6.45) is -1.24. The molecular formula is C11H8F3N3O. The zero-order chi connectivity index (χ0) is 13.2. The number of aromatic nitrogens is 3. The van der Waals surface area contributed by atoms with Crippen LogP contribution in [-0.2, 0) is 6.18 Å². The standard InChI is InChI=1S/C11H8F3N3O/c1-18-10-4-7(2-3-15-10)8-5-17-9(6-16-8)11(12,13)14/h2-6H,1H3. The van der Waals surface area contributed by atoms with E-state index < -0.39 is 11.9 Å². The molecular weight excluding hydrogens is 247 g/mol. The summed E-state index contributed by atoms with van der Waals surface area (Å²) in [5.74, 6) is 0.356. The van der Waals surface area contributed by atoms with Gasteiger partial charge in [-0.25, -0.2) is 9.97 Å². The number of methoxy groups -OCH3 is 1. The quantitative estimate of drug-likeness (QED) is 0.827. The molecule has 0 unspecified atom stereocenters. The van der Waals surface area contributed by atoms with Crippen LogP contribution in [0.25, 0.3) is 11.3 Å². The molecule has 2 heterocycles. The summed E-state index contributed by atoms with van der Waals surface area (Å²) < 4.78 is 41.8. The molecule has 0 aliphatic rings. The lowest BCUT2D eigenvalue weighted by Gasteiger charge is -2.06. The lowest BCUT2D eigenvalue weighted by atomic mass is 10.2. The van der Waals surface area contributed by atoms with Crippen molar-refractivity contribution in [2.45, 2.75) is 6.18 Å². The fourth-order valence-electron chi connectivity index (χ4n) is 1.30. The third-order valence-corrected chi connectivity index (χ3v) is 2.18. The summed E-state index contributed by atoms with van der Waals surface area (Å²) in [5.41, 5.74) is -0.112. The molecule has 2 aromatic rings. The number of alkyl halides is 3. The van der Waals surface area contributed by atoms with Crippen LogP contribution in [0, 0.1) is 0 Å². The second-order valence-electron chi connectivity index (χ2n) is 3.37. The molecule has 0 spiro atoms. The summed E-state index contributed by atoms with van der Waals surface area (Å²) in [6, 6.07) is 3.18. The maximum Gasteiger partial charge on any atom is 0.434 e. The van der Waals surface area contributed by atoms with Gasteiger partial charge in [0.05, 0.1) is 25.2 Å². The highest BCUT2D eigenvalue weighted by Crippen LogP contribution is 2.28. The molecule has 0 aliphatic heterocycles. The Morgan fingerprint density at radius 2 is 1.89 bits per heavy atom. The maximum atomic E-state index is 12.3. The predicted octanol–water partition coefficient (Wildman–Crippen LogP) is 2.57. The Kier molecular flexibility index (Phi) is 3.14. The van der Waals surface area contributed by atoms with E-state index in [-0.39, 0.29) is 0 Å². The fraction of sp³-hybridized carbons (Fsp3) is 0.182. The second-order valence-corrected chi connectivity index (χ2v) is 3.37.